The van der Waals surface area contributed by atoms with Gasteiger partial charge in [0.05, 0.1) is 10.5 Å². The van der Waals surface area contributed by atoms with Gasteiger partial charge in [0.1, 0.15) is 6.10 Å². The van der Waals surface area contributed by atoms with Crippen LogP contribution in [0, 0.1) is 15.9 Å². The standard InChI is InChI=1S/C16H15FN4O5/c17-13-8-20(16(23)19-14(13)18)11-5-6-12(7-11)26-15(22)9-1-3-10(4-2-9)21(24)25/h1-4,8,11-12H,5-7H2,(H2,18,19,23)/t11-,12-/m0/s1. The minimum absolute atomic E-state index is 0.125. The molecule has 1 aliphatic carbocycles. The Kier molecular flexibility index (Phi) is 4.65. The number of hydrogen-bond acceptors (Lipinski definition) is 7. The van der Waals surface area contributed by atoms with Crippen LogP contribution in [0.15, 0.2) is 35.3 Å². The number of nitro benzene ring substituents is 1. The number of nitrogens with zero attached hydrogens (tertiary/aromatic N) is 3. The maximum atomic E-state index is 13.6. The summed E-state index contributed by atoms with van der Waals surface area (Å²) in [6.45, 7) is 0. The zero-order chi connectivity index (χ0) is 18.8. The first kappa shape index (κ1) is 17.5. The summed E-state index contributed by atoms with van der Waals surface area (Å²) in [7, 11) is 0. The molecule has 136 valence electrons. The van der Waals surface area contributed by atoms with Crippen molar-refractivity contribution in [1.82, 2.24) is 9.55 Å². The number of anilines is 1. The average Bonchev–Trinajstić information content (AvgIpc) is 3.06. The molecule has 26 heavy (non-hydrogen) atoms. The summed E-state index contributed by atoms with van der Waals surface area (Å²) in [5, 5.41) is 10.6. The van der Waals surface area contributed by atoms with E-state index >= 15 is 0 Å². The van der Waals surface area contributed by atoms with Crippen molar-refractivity contribution in [2.24, 2.45) is 0 Å². The number of hydrogen-bond donors (Lipinski definition) is 1. The maximum Gasteiger partial charge on any atom is 0.349 e. The molecule has 1 aromatic carbocycles. The van der Waals surface area contributed by atoms with Crippen molar-refractivity contribution < 1.29 is 18.8 Å². The van der Waals surface area contributed by atoms with Crippen LogP contribution in [0.25, 0.3) is 0 Å². The number of nitrogens with two attached hydrogens (primary N) is 1. The number of nitro groups is 1. The lowest BCUT2D eigenvalue weighted by atomic mass is 10.2. The molecule has 0 spiro atoms. The second-order valence-corrected chi connectivity index (χ2v) is 5.96. The molecule has 0 unspecified atom stereocenters. The molecule has 1 heterocycles. The molecule has 9 nitrogen and oxygen atoms in total. The molecule has 1 aliphatic rings. The molecule has 1 aromatic heterocycles. The molecule has 2 N–H and O–H groups in total. The highest BCUT2D eigenvalue weighted by Gasteiger charge is 2.30. The van der Waals surface area contributed by atoms with E-state index in [-0.39, 0.29) is 17.3 Å². The Bertz CT molecular complexity index is 912. The smallest absolute Gasteiger partial charge is 0.349 e. The van der Waals surface area contributed by atoms with Gasteiger partial charge in [0, 0.05) is 30.8 Å². The number of carbonyl (C=O) groups excluding carboxylic acids is 1. The van der Waals surface area contributed by atoms with Gasteiger partial charge in [-0.1, -0.05) is 0 Å². The molecule has 3 rings (SSSR count). The molecule has 2 atom stereocenters. The summed E-state index contributed by atoms with van der Waals surface area (Å²) in [6.07, 6.45) is 1.92. The number of nitrogen functional groups attached to an aromatic ring is 1. The molecule has 0 bridgehead atoms. The third-order valence-corrected chi connectivity index (χ3v) is 4.27. The minimum Gasteiger partial charge on any atom is -0.459 e. The van der Waals surface area contributed by atoms with Crippen LogP contribution in [0.1, 0.15) is 35.7 Å². The van der Waals surface area contributed by atoms with Gasteiger partial charge in [0.2, 0.25) is 0 Å². The van der Waals surface area contributed by atoms with Crippen LogP contribution in [0.3, 0.4) is 0 Å². The van der Waals surface area contributed by atoms with Crippen LogP contribution in [-0.4, -0.2) is 26.5 Å². The fourth-order valence-electron chi connectivity index (χ4n) is 2.94. The molecule has 0 saturated heterocycles. The zero-order valence-corrected chi connectivity index (χ0v) is 13.5. The van der Waals surface area contributed by atoms with Gasteiger partial charge in [-0.25, -0.2) is 14.0 Å². The number of carbonyl (C=O) groups is 1. The Morgan fingerprint density at radius 3 is 2.69 bits per heavy atom. The normalized spacial score (nSPS) is 19.3. The van der Waals surface area contributed by atoms with Gasteiger partial charge < -0.3 is 10.5 Å². The average molecular weight is 362 g/mol. The SMILES string of the molecule is Nc1nc(=O)n([C@H]2CC[C@H](OC(=O)c3ccc([N+](=O)[O-])cc3)C2)cc1F. The van der Waals surface area contributed by atoms with Crippen LogP contribution in [-0.2, 0) is 4.74 Å². The highest BCUT2D eigenvalue weighted by atomic mass is 19.1. The first-order valence-electron chi connectivity index (χ1n) is 7.84. The maximum absolute atomic E-state index is 13.6. The largest absolute Gasteiger partial charge is 0.459 e. The second-order valence-electron chi connectivity index (χ2n) is 5.96. The quantitative estimate of drug-likeness (QED) is 0.499. The van der Waals surface area contributed by atoms with Crippen molar-refractivity contribution in [2.75, 3.05) is 5.73 Å². The van der Waals surface area contributed by atoms with Crippen LogP contribution < -0.4 is 11.4 Å². The predicted octanol–water partition coefficient (Wildman–Crippen LogP) is 1.82. The van der Waals surface area contributed by atoms with Crippen LogP contribution in [0.4, 0.5) is 15.9 Å². The summed E-state index contributed by atoms with van der Waals surface area (Å²) in [6, 6.07) is 4.72. The second kappa shape index (κ2) is 6.90. The van der Waals surface area contributed by atoms with Crippen molar-refractivity contribution in [2.45, 2.75) is 31.4 Å². The summed E-state index contributed by atoms with van der Waals surface area (Å²) >= 11 is 0. The van der Waals surface area contributed by atoms with E-state index in [2.05, 4.69) is 4.98 Å². The molecule has 2 aromatic rings. The van der Waals surface area contributed by atoms with Crippen molar-refractivity contribution >= 4 is 17.5 Å². The Hall–Kier alpha value is -3.30. The van der Waals surface area contributed by atoms with E-state index in [0.29, 0.717) is 19.3 Å². The van der Waals surface area contributed by atoms with Gasteiger partial charge in [-0.15, -0.1) is 0 Å². The highest BCUT2D eigenvalue weighted by Crippen LogP contribution is 2.31. The van der Waals surface area contributed by atoms with Crippen molar-refractivity contribution in [1.29, 1.82) is 0 Å². The molecular formula is C16H15FN4O5. The fourth-order valence-corrected chi connectivity index (χ4v) is 2.94. The Morgan fingerprint density at radius 1 is 1.35 bits per heavy atom. The summed E-state index contributed by atoms with van der Waals surface area (Å²) < 4.78 is 20.1. The third kappa shape index (κ3) is 3.53. The van der Waals surface area contributed by atoms with Crippen LogP contribution >= 0.6 is 0 Å². The van der Waals surface area contributed by atoms with Gasteiger partial charge in [-0.3, -0.25) is 14.7 Å². The minimum atomic E-state index is -0.782. The number of benzene rings is 1. The summed E-state index contributed by atoms with van der Waals surface area (Å²) in [4.78, 5) is 37.5. The Balaban J connectivity index is 1.66. The number of non-ortho nitro benzene ring substituents is 1. The fraction of sp³-hybridized carbons (Fsp3) is 0.312. The molecular weight excluding hydrogens is 347 g/mol. The van der Waals surface area contributed by atoms with Gasteiger partial charge in [0.25, 0.3) is 5.69 Å². The summed E-state index contributed by atoms with van der Waals surface area (Å²) in [5.41, 5.74) is 4.67. The van der Waals surface area contributed by atoms with Crippen LogP contribution in [0.2, 0.25) is 0 Å². The van der Waals surface area contributed by atoms with E-state index in [1.54, 1.807) is 0 Å². The monoisotopic (exact) mass is 362 g/mol. The van der Waals surface area contributed by atoms with Crippen molar-refractivity contribution in [3.63, 3.8) is 0 Å². The van der Waals surface area contributed by atoms with Crippen LogP contribution in [0.5, 0.6) is 0 Å². The van der Waals surface area contributed by atoms with E-state index in [4.69, 9.17) is 10.5 Å². The molecule has 1 fully saturated rings. The molecule has 0 amide bonds. The number of esters is 1. The first-order valence-corrected chi connectivity index (χ1v) is 7.84. The van der Waals surface area contributed by atoms with Gasteiger partial charge in [-0.2, -0.15) is 4.98 Å². The highest BCUT2D eigenvalue weighted by molar-refractivity contribution is 5.89. The van der Waals surface area contributed by atoms with E-state index in [1.807, 2.05) is 0 Å². The Labute approximate surface area is 146 Å². The van der Waals surface area contributed by atoms with Gasteiger partial charge >= 0.3 is 11.7 Å². The van der Waals surface area contributed by atoms with Gasteiger partial charge in [-0.05, 0) is 25.0 Å². The predicted molar refractivity (Wildman–Crippen MR) is 88.1 cm³/mol. The number of rotatable bonds is 4. The van der Waals surface area contributed by atoms with E-state index in [9.17, 15) is 24.1 Å². The molecule has 10 heteroatoms. The molecule has 1 saturated carbocycles. The topological polar surface area (TPSA) is 130 Å². The number of ether oxygens (including phenoxy) is 1. The lowest BCUT2D eigenvalue weighted by Crippen LogP contribution is -2.28. The number of halogens is 1. The zero-order valence-electron chi connectivity index (χ0n) is 13.5. The van der Waals surface area contributed by atoms with Crippen molar-refractivity contribution in [3.05, 3.63) is 62.4 Å². The number of aromatic nitrogens is 2. The van der Waals surface area contributed by atoms with E-state index in [0.717, 1.165) is 10.8 Å². The van der Waals surface area contributed by atoms with E-state index in [1.165, 1.54) is 24.3 Å². The summed E-state index contributed by atoms with van der Waals surface area (Å²) in [5.74, 6) is -1.85. The lowest BCUT2D eigenvalue weighted by molar-refractivity contribution is -0.384. The first-order chi connectivity index (χ1) is 12.3. The van der Waals surface area contributed by atoms with Crippen molar-refractivity contribution in [3.8, 4) is 0 Å². The third-order valence-electron chi connectivity index (χ3n) is 4.27. The molecule has 0 radical (unpaired) electrons. The lowest BCUT2D eigenvalue weighted by Gasteiger charge is -2.15. The Morgan fingerprint density at radius 2 is 2.04 bits per heavy atom. The molecule has 0 aliphatic heterocycles. The van der Waals surface area contributed by atoms with Gasteiger partial charge in [0.15, 0.2) is 11.6 Å². The van der Waals surface area contributed by atoms with E-state index < -0.39 is 34.3 Å².